The Morgan fingerprint density at radius 3 is 1.70 bits per heavy atom. The van der Waals surface area contributed by atoms with Gasteiger partial charge in [0.1, 0.15) is 11.6 Å². The topological polar surface area (TPSA) is 123 Å². The molecule has 0 rings (SSSR count). The molecule has 0 aliphatic heterocycles. The molecule has 0 amide bonds. The first kappa shape index (κ1) is 26.0. The van der Waals surface area contributed by atoms with Crippen LogP contribution in [0.25, 0.3) is 0 Å². The summed E-state index contributed by atoms with van der Waals surface area (Å²) in [7, 11) is -4.01. The van der Waals surface area contributed by atoms with Crippen LogP contribution in [0.15, 0.2) is 0 Å². The number of esters is 2. The molecule has 0 heterocycles. The molecule has 0 radical (unpaired) electrons. The quantitative estimate of drug-likeness (QED) is 0.364. The summed E-state index contributed by atoms with van der Waals surface area (Å²) in [4.78, 5) is 23.6. The number of hydrogen-bond donors (Lipinski definition) is 1. The minimum absolute atomic E-state index is 0.356. The predicted octanol–water partition coefficient (Wildman–Crippen LogP) is 3.30. The van der Waals surface area contributed by atoms with Crippen LogP contribution in [-0.4, -0.2) is 41.6 Å². The molecule has 27 heavy (non-hydrogen) atoms. The highest BCUT2D eigenvalue weighted by Crippen LogP contribution is 2.55. The Kier molecular flexibility index (Phi) is 9.13. The lowest BCUT2D eigenvalue weighted by molar-refractivity contribution is -0.162. The van der Waals surface area contributed by atoms with Gasteiger partial charge in [-0.3, -0.25) is 18.6 Å². The normalized spacial score (nSPS) is 14.6. The molecule has 0 saturated carbocycles. The Labute approximate surface area is 161 Å². The summed E-state index contributed by atoms with van der Waals surface area (Å²) in [6, 6.07) is -1.24. The Morgan fingerprint density at radius 1 is 0.889 bits per heavy atom. The molecule has 0 aromatic heterocycles. The smallest absolute Gasteiger partial charge is 0.460 e. The van der Waals surface area contributed by atoms with E-state index in [1.807, 2.05) is 0 Å². The number of ether oxygens (including phenoxy) is 2. The number of phosphoric acid groups is 1. The molecular formula is C17H34NO8P. The van der Waals surface area contributed by atoms with Crippen molar-refractivity contribution in [3.8, 4) is 0 Å². The second-order valence-electron chi connectivity index (χ2n) is 8.96. The summed E-state index contributed by atoms with van der Waals surface area (Å²) < 4.78 is 38.5. The van der Waals surface area contributed by atoms with Crippen molar-refractivity contribution in [3.63, 3.8) is 0 Å². The highest BCUT2D eigenvalue weighted by Gasteiger charge is 2.37. The molecule has 0 bridgehead atoms. The van der Waals surface area contributed by atoms with Gasteiger partial charge in [0.15, 0.2) is 0 Å². The van der Waals surface area contributed by atoms with E-state index in [1.165, 1.54) is 0 Å². The van der Waals surface area contributed by atoms with Crippen LogP contribution in [0.3, 0.4) is 0 Å². The molecule has 0 aromatic rings. The van der Waals surface area contributed by atoms with Crippen molar-refractivity contribution >= 4 is 19.8 Å². The van der Waals surface area contributed by atoms with Crippen molar-refractivity contribution in [3.05, 3.63) is 0 Å². The third-order valence-corrected chi connectivity index (χ3v) is 4.26. The molecule has 1 atom stereocenters. The molecular weight excluding hydrogens is 377 g/mol. The average Bonchev–Trinajstić information content (AvgIpc) is 2.30. The number of carbonyl (C=O) groups excluding carboxylic acids is 2. The third-order valence-electron chi connectivity index (χ3n) is 2.29. The van der Waals surface area contributed by atoms with Crippen LogP contribution in [0.4, 0.5) is 0 Å². The van der Waals surface area contributed by atoms with Crippen LogP contribution in [0, 0.1) is 0 Å². The van der Waals surface area contributed by atoms with Crippen molar-refractivity contribution in [2.24, 2.45) is 5.73 Å². The van der Waals surface area contributed by atoms with Crippen LogP contribution in [-0.2, 0) is 37.2 Å². The van der Waals surface area contributed by atoms with E-state index >= 15 is 0 Å². The molecule has 0 saturated heterocycles. The van der Waals surface area contributed by atoms with Gasteiger partial charge >= 0.3 is 19.8 Å². The Morgan fingerprint density at radius 2 is 1.33 bits per heavy atom. The molecule has 0 aliphatic carbocycles. The standard InChI is InChI=1S/C17H34NO8P/c1-15(2,3)24-13(19)10-12(18)14(20)22-11-23-27(21,25-16(4,5)6)26-17(7,8)9/h12H,10-11,18H2,1-9H3. The van der Waals surface area contributed by atoms with Gasteiger partial charge in [0.05, 0.1) is 17.6 Å². The van der Waals surface area contributed by atoms with Gasteiger partial charge in [0, 0.05) is 0 Å². The van der Waals surface area contributed by atoms with Crippen molar-refractivity contribution in [2.75, 3.05) is 6.79 Å². The number of carbonyl (C=O) groups is 2. The van der Waals surface area contributed by atoms with Gasteiger partial charge in [0.2, 0.25) is 6.79 Å². The van der Waals surface area contributed by atoms with Crippen molar-refractivity contribution in [1.29, 1.82) is 0 Å². The lowest BCUT2D eigenvalue weighted by Gasteiger charge is -2.30. The summed E-state index contributed by atoms with van der Waals surface area (Å²) >= 11 is 0. The van der Waals surface area contributed by atoms with E-state index in [0.717, 1.165) is 0 Å². The number of phosphoric ester groups is 1. The fraction of sp³-hybridized carbons (Fsp3) is 0.882. The minimum Gasteiger partial charge on any atom is -0.460 e. The summed E-state index contributed by atoms with van der Waals surface area (Å²) in [6.45, 7) is 14.5. The van der Waals surface area contributed by atoms with Crippen LogP contribution in [0.2, 0.25) is 0 Å². The summed E-state index contributed by atoms with van der Waals surface area (Å²) in [5.41, 5.74) is 3.30. The molecule has 0 spiro atoms. The molecule has 9 nitrogen and oxygen atoms in total. The van der Waals surface area contributed by atoms with Gasteiger partial charge in [-0.2, -0.15) is 0 Å². The van der Waals surface area contributed by atoms with E-state index in [-0.39, 0.29) is 6.42 Å². The molecule has 10 heteroatoms. The van der Waals surface area contributed by atoms with Gasteiger partial charge in [-0.15, -0.1) is 0 Å². The van der Waals surface area contributed by atoms with Crippen LogP contribution >= 0.6 is 7.82 Å². The van der Waals surface area contributed by atoms with Crippen molar-refractivity contribution < 1.29 is 37.2 Å². The van der Waals surface area contributed by atoms with Crippen LogP contribution < -0.4 is 5.73 Å². The Balaban J connectivity index is 4.71. The van der Waals surface area contributed by atoms with Crippen LogP contribution in [0.1, 0.15) is 68.7 Å². The molecule has 0 fully saturated rings. The van der Waals surface area contributed by atoms with Gasteiger partial charge in [0.25, 0.3) is 0 Å². The summed E-state index contributed by atoms with van der Waals surface area (Å²) in [5, 5.41) is 0. The first-order valence-electron chi connectivity index (χ1n) is 8.62. The molecule has 160 valence electrons. The SMILES string of the molecule is CC(C)(C)OC(=O)CC(N)C(=O)OCOP(=O)(OC(C)(C)C)OC(C)(C)C. The molecule has 2 N–H and O–H groups in total. The predicted molar refractivity (Wildman–Crippen MR) is 99.8 cm³/mol. The third kappa shape index (κ3) is 13.8. The zero-order valence-corrected chi connectivity index (χ0v) is 18.7. The number of hydrogen-bond acceptors (Lipinski definition) is 9. The molecule has 0 aromatic carbocycles. The van der Waals surface area contributed by atoms with E-state index in [1.54, 1.807) is 62.3 Å². The lowest BCUT2D eigenvalue weighted by atomic mass is 10.2. The fourth-order valence-corrected chi connectivity index (χ4v) is 3.31. The zero-order chi connectivity index (χ0) is 21.7. The van der Waals surface area contributed by atoms with Gasteiger partial charge in [-0.05, 0) is 62.3 Å². The molecule has 1 unspecified atom stereocenters. The fourth-order valence-electron chi connectivity index (χ4n) is 1.64. The maximum atomic E-state index is 12.8. The summed E-state index contributed by atoms with van der Waals surface area (Å²) in [6.07, 6.45) is -0.356. The van der Waals surface area contributed by atoms with E-state index in [4.69, 9.17) is 28.8 Å². The average molecular weight is 411 g/mol. The van der Waals surface area contributed by atoms with Crippen LogP contribution in [0.5, 0.6) is 0 Å². The zero-order valence-electron chi connectivity index (χ0n) is 17.8. The summed E-state index contributed by atoms with van der Waals surface area (Å²) in [5.74, 6) is -1.54. The highest BCUT2D eigenvalue weighted by molar-refractivity contribution is 7.48. The first-order valence-corrected chi connectivity index (χ1v) is 10.1. The molecule has 0 aliphatic rings. The maximum Gasteiger partial charge on any atom is 0.478 e. The van der Waals surface area contributed by atoms with E-state index in [9.17, 15) is 14.2 Å². The monoisotopic (exact) mass is 411 g/mol. The van der Waals surface area contributed by atoms with E-state index < -0.39 is 49.4 Å². The van der Waals surface area contributed by atoms with Gasteiger partial charge < -0.3 is 15.2 Å². The Hall–Kier alpha value is -0.990. The second kappa shape index (κ2) is 9.47. The minimum atomic E-state index is -4.01. The van der Waals surface area contributed by atoms with E-state index in [2.05, 4.69) is 0 Å². The number of rotatable bonds is 8. The van der Waals surface area contributed by atoms with E-state index in [0.29, 0.717) is 0 Å². The Bertz CT molecular complexity index is 537. The maximum absolute atomic E-state index is 12.8. The second-order valence-corrected chi connectivity index (χ2v) is 10.5. The lowest BCUT2D eigenvalue weighted by Crippen LogP contribution is -2.37. The van der Waals surface area contributed by atoms with Crippen molar-refractivity contribution in [2.45, 2.75) is 91.6 Å². The largest absolute Gasteiger partial charge is 0.478 e. The van der Waals surface area contributed by atoms with Gasteiger partial charge in [-0.1, -0.05) is 0 Å². The first-order chi connectivity index (χ1) is 11.8. The number of nitrogens with two attached hydrogens (primary N) is 1. The highest BCUT2D eigenvalue weighted by atomic mass is 31.2. The van der Waals surface area contributed by atoms with Crippen molar-refractivity contribution in [1.82, 2.24) is 0 Å². The van der Waals surface area contributed by atoms with Gasteiger partial charge in [-0.25, -0.2) is 9.09 Å².